The van der Waals surface area contributed by atoms with Crippen LogP contribution in [0.15, 0.2) is 72.8 Å². The standard InChI is InChI=1S/C24H21N3O5/c1-32-20-12-6-16(7-13-20)22(26-15-17-4-2-3-5-21(17)24(26)29)14-23(28)25-18-8-10-19(11-9-18)27(30)31/h2-13,22H,14-15H2,1H3,(H,25,28)/t22-/m1/s1. The number of fused-ring (bicyclic) bond motifs is 1. The molecule has 0 fully saturated rings. The number of ether oxygens (including phenoxy) is 1. The second kappa shape index (κ2) is 8.89. The summed E-state index contributed by atoms with van der Waals surface area (Å²) in [6.07, 6.45) is 0.0308. The number of rotatable bonds is 7. The van der Waals surface area contributed by atoms with Gasteiger partial charge in [-0.3, -0.25) is 19.7 Å². The molecule has 0 saturated carbocycles. The van der Waals surface area contributed by atoms with Crippen molar-refractivity contribution in [1.82, 2.24) is 4.90 Å². The molecule has 3 aromatic rings. The van der Waals surface area contributed by atoms with Gasteiger partial charge in [-0.05, 0) is 41.5 Å². The van der Waals surface area contributed by atoms with Gasteiger partial charge in [-0.25, -0.2) is 0 Å². The zero-order valence-electron chi connectivity index (χ0n) is 17.4. The molecular formula is C24H21N3O5. The molecule has 1 heterocycles. The van der Waals surface area contributed by atoms with E-state index < -0.39 is 11.0 Å². The summed E-state index contributed by atoms with van der Waals surface area (Å²) >= 11 is 0. The quantitative estimate of drug-likeness (QED) is 0.443. The summed E-state index contributed by atoms with van der Waals surface area (Å²) in [5, 5.41) is 13.6. The fraction of sp³-hybridized carbons (Fsp3) is 0.167. The summed E-state index contributed by atoms with van der Waals surface area (Å²) in [7, 11) is 1.57. The lowest BCUT2D eigenvalue weighted by atomic mass is 10.0. The Labute approximate surface area is 184 Å². The number of carbonyl (C=O) groups is 2. The Morgan fingerprint density at radius 1 is 1.09 bits per heavy atom. The molecule has 0 saturated heterocycles. The molecule has 162 valence electrons. The van der Waals surface area contributed by atoms with Crippen LogP contribution in [0.25, 0.3) is 0 Å². The fourth-order valence-corrected chi connectivity index (χ4v) is 3.82. The van der Waals surface area contributed by atoms with Crippen LogP contribution < -0.4 is 10.1 Å². The van der Waals surface area contributed by atoms with Gasteiger partial charge in [0.2, 0.25) is 5.91 Å². The van der Waals surface area contributed by atoms with E-state index in [0.29, 0.717) is 23.5 Å². The first-order valence-electron chi connectivity index (χ1n) is 10.0. The number of nitro groups is 1. The summed E-state index contributed by atoms with van der Waals surface area (Å²) in [5.41, 5.74) is 2.77. The van der Waals surface area contributed by atoms with E-state index in [1.165, 1.54) is 24.3 Å². The Morgan fingerprint density at radius 2 is 1.78 bits per heavy atom. The summed E-state index contributed by atoms with van der Waals surface area (Å²) in [6.45, 7) is 0.413. The van der Waals surface area contributed by atoms with Gasteiger partial charge >= 0.3 is 0 Å². The van der Waals surface area contributed by atoms with Crippen LogP contribution >= 0.6 is 0 Å². The van der Waals surface area contributed by atoms with E-state index >= 15 is 0 Å². The van der Waals surface area contributed by atoms with Crippen LogP contribution in [0.2, 0.25) is 0 Å². The average molecular weight is 431 g/mol. The van der Waals surface area contributed by atoms with Crippen LogP contribution in [0.3, 0.4) is 0 Å². The predicted octanol–water partition coefficient (Wildman–Crippen LogP) is 4.33. The lowest BCUT2D eigenvalue weighted by Gasteiger charge is -2.28. The van der Waals surface area contributed by atoms with Crippen molar-refractivity contribution < 1.29 is 19.2 Å². The number of hydrogen-bond donors (Lipinski definition) is 1. The number of hydrogen-bond acceptors (Lipinski definition) is 5. The molecule has 1 N–H and O–H groups in total. The normalized spacial score (nSPS) is 13.4. The van der Waals surface area contributed by atoms with Gasteiger partial charge in [0.1, 0.15) is 5.75 Å². The minimum absolute atomic E-state index is 0.0308. The maximum absolute atomic E-state index is 13.1. The predicted molar refractivity (Wildman–Crippen MR) is 118 cm³/mol. The topological polar surface area (TPSA) is 102 Å². The third kappa shape index (κ3) is 4.29. The van der Waals surface area contributed by atoms with E-state index in [9.17, 15) is 19.7 Å². The zero-order valence-corrected chi connectivity index (χ0v) is 17.4. The number of methoxy groups -OCH3 is 1. The SMILES string of the molecule is COc1ccc([C@@H](CC(=O)Nc2ccc([N+](=O)[O-])cc2)N2Cc3ccccc3C2=O)cc1. The van der Waals surface area contributed by atoms with Crippen LogP contribution in [0.1, 0.15) is 33.9 Å². The van der Waals surface area contributed by atoms with Crippen LogP contribution in [0.5, 0.6) is 5.75 Å². The molecule has 0 aliphatic carbocycles. The number of anilines is 1. The molecule has 8 nitrogen and oxygen atoms in total. The first-order valence-corrected chi connectivity index (χ1v) is 10.0. The van der Waals surface area contributed by atoms with Crippen LogP contribution in [-0.4, -0.2) is 28.7 Å². The molecule has 1 aliphatic heterocycles. The van der Waals surface area contributed by atoms with Crippen molar-refractivity contribution in [2.24, 2.45) is 0 Å². The maximum Gasteiger partial charge on any atom is 0.269 e. The smallest absolute Gasteiger partial charge is 0.269 e. The monoisotopic (exact) mass is 431 g/mol. The summed E-state index contributed by atoms with van der Waals surface area (Å²) in [4.78, 5) is 38.0. The van der Waals surface area contributed by atoms with E-state index in [2.05, 4.69) is 5.32 Å². The molecule has 0 unspecified atom stereocenters. The average Bonchev–Trinajstić information content (AvgIpc) is 3.14. The van der Waals surface area contributed by atoms with Crippen molar-refractivity contribution in [1.29, 1.82) is 0 Å². The van der Waals surface area contributed by atoms with Gasteiger partial charge in [0.25, 0.3) is 11.6 Å². The van der Waals surface area contributed by atoms with E-state index in [1.54, 1.807) is 30.2 Å². The first kappa shape index (κ1) is 21.0. The van der Waals surface area contributed by atoms with Crippen molar-refractivity contribution in [2.75, 3.05) is 12.4 Å². The van der Waals surface area contributed by atoms with Crippen LogP contribution in [0, 0.1) is 10.1 Å². The number of nitro benzene ring substituents is 1. The lowest BCUT2D eigenvalue weighted by Crippen LogP contribution is -2.32. The number of carbonyl (C=O) groups excluding carboxylic acids is 2. The van der Waals surface area contributed by atoms with Crippen LogP contribution in [-0.2, 0) is 11.3 Å². The molecular weight excluding hydrogens is 410 g/mol. The largest absolute Gasteiger partial charge is 0.497 e. The first-order chi connectivity index (χ1) is 15.5. The highest BCUT2D eigenvalue weighted by Crippen LogP contribution is 2.34. The second-order valence-corrected chi connectivity index (χ2v) is 7.44. The highest BCUT2D eigenvalue weighted by molar-refractivity contribution is 5.99. The van der Waals surface area contributed by atoms with Crippen molar-refractivity contribution in [3.63, 3.8) is 0 Å². The van der Waals surface area contributed by atoms with Crippen LogP contribution in [0.4, 0.5) is 11.4 Å². The van der Waals surface area contributed by atoms with E-state index in [4.69, 9.17) is 4.74 Å². The second-order valence-electron chi connectivity index (χ2n) is 7.44. The van der Waals surface area contributed by atoms with E-state index in [1.807, 2.05) is 30.3 Å². The molecule has 1 aliphatic rings. The Bertz CT molecular complexity index is 1160. The molecule has 4 rings (SSSR count). The number of non-ortho nitro benzene ring substituents is 1. The zero-order chi connectivity index (χ0) is 22.7. The minimum atomic E-state index is -0.498. The minimum Gasteiger partial charge on any atom is -0.497 e. The Kier molecular flexibility index (Phi) is 5.85. The number of amides is 2. The third-order valence-electron chi connectivity index (χ3n) is 5.47. The summed E-state index contributed by atoms with van der Waals surface area (Å²) in [5.74, 6) is 0.256. The maximum atomic E-state index is 13.1. The Balaban J connectivity index is 1.57. The van der Waals surface area contributed by atoms with Gasteiger partial charge in [0.15, 0.2) is 0 Å². The number of nitrogens with zero attached hydrogens (tertiary/aromatic N) is 2. The van der Waals surface area contributed by atoms with Gasteiger partial charge in [-0.1, -0.05) is 30.3 Å². The molecule has 3 aromatic carbocycles. The number of nitrogens with one attached hydrogen (secondary N) is 1. The molecule has 1 atom stereocenters. The van der Waals surface area contributed by atoms with E-state index in [-0.39, 0.29) is 23.9 Å². The molecule has 32 heavy (non-hydrogen) atoms. The highest BCUT2D eigenvalue weighted by atomic mass is 16.6. The number of benzene rings is 3. The Morgan fingerprint density at radius 3 is 2.41 bits per heavy atom. The highest BCUT2D eigenvalue weighted by Gasteiger charge is 2.34. The molecule has 8 heteroatoms. The van der Waals surface area contributed by atoms with Crippen molar-refractivity contribution in [3.05, 3.63) is 99.6 Å². The molecule has 0 spiro atoms. The fourth-order valence-electron chi connectivity index (χ4n) is 3.82. The van der Waals surface area contributed by atoms with Gasteiger partial charge in [0.05, 0.1) is 24.5 Å². The summed E-state index contributed by atoms with van der Waals surface area (Å²) < 4.78 is 5.22. The van der Waals surface area contributed by atoms with Gasteiger partial charge in [-0.2, -0.15) is 0 Å². The molecule has 2 amide bonds. The lowest BCUT2D eigenvalue weighted by molar-refractivity contribution is -0.384. The summed E-state index contributed by atoms with van der Waals surface area (Å²) in [6, 6.07) is 19.8. The molecule has 0 aromatic heterocycles. The van der Waals surface area contributed by atoms with Gasteiger partial charge in [-0.15, -0.1) is 0 Å². The van der Waals surface area contributed by atoms with Crippen molar-refractivity contribution in [3.8, 4) is 5.75 Å². The molecule has 0 bridgehead atoms. The van der Waals surface area contributed by atoms with Gasteiger partial charge < -0.3 is 15.0 Å². The van der Waals surface area contributed by atoms with Crippen molar-refractivity contribution >= 4 is 23.2 Å². The van der Waals surface area contributed by atoms with E-state index in [0.717, 1.165) is 11.1 Å². The Hall–Kier alpha value is -4.20. The van der Waals surface area contributed by atoms with Crippen molar-refractivity contribution in [2.45, 2.75) is 19.0 Å². The third-order valence-corrected chi connectivity index (χ3v) is 5.47. The molecule has 0 radical (unpaired) electrons. The van der Waals surface area contributed by atoms with Gasteiger partial charge in [0, 0.05) is 29.9 Å².